The molecule has 1 aliphatic heterocycles. The van der Waals surface area contributed by atoms with Crippen molar-refractivity contribution in [3.05, 3.63) is 17.6 Å². The summed E-state index contributed by atoms with van der Waals surface area (Å²) >= 11 is 0. The first-order valence-corrected chi connectivity index (χ1v) is 8.70. The smallest absolute Gasteiger partial charge is 0.135 e. The van der Waals surface area contributed by atoms with Gasteiger partial charge in [-0.15, -0.1) is 0 Å². The largest absolute Gasteiger partial charge is 0.352 e. The second-order valence-electron chi connectivity index (χ2n) is 6.38. The van der Waals surface area contributed by atoms with Crippen LogP contribution in [0, 0.1) is 0 Å². The van der Waals surface area contributed by atoms with Crippen LogP contribution in [0.4, 0.5) is 5.82 Å². The molecule has 1 aromatic rings. The SMILES string of the molecule is CCCNCC1CCCCN1c1ncnc2c1CCCC2. The van der Waals surface area contributed by atoms with Crippen LogP contribution in [-0.4, -0.2) is 35.6 Å². The molecule has 21 heavy (non-hydrogen) atoms. The van der Waals surface area contributed by atoms with Gasteiger partial charge in [-0.2, -0.15) is 0 Å². The molecule has 0 saturated carbocycles. The zero-order valence-electron chi connectivity index (χ0n) is 13.3. The fraction of sp³-hybridized carbons (Fsp3) is 0.765. The molecule has 2 aliphatic rings. The van der Waals surface area contributed by atoms with Crippen LogP contribution in [-0.2, 0) is 12.8 Å². The Kier molecular flexibility index (Phi) is 5.07. The second kappa shape index (κ2) is 7.21. The monoisotopic (exact) mass is 288 g/mol. The van der Waals surface area contributed by atoms with Crippen LogP contribution in [0.5, 0.6) is 0 Å². The van der Waals surface area contributed by atoms with Gasteiger partial charge in [0.05, 0.1) is 0 Å². The molecular weight excluding hydrogens is 260 g/mol. The molecular formula is C17H28N4. The minimum absolute atomic E-state index is 0.603. The van der Waals surface area contributed by atoms with Crippen LogP contribution >= 0.6 is 0 Å². The van der Waals surface area contributed by atoms with Crippen molar-refractivity contribution in [2.75, 3.05) is 24.5 Å². The van der Waals surface area contributed by atoms with Gasteiger partial charge in [-0.1, -0.05) is 6.92 Å². The fourth-order valence-electron chi connectivity index (χ4n) is 3.69. The Hall–Kier alpha value is -1.16. The molecule has 3 rings (SSSR count). The number of aryl methyl sites for hydroxylation is 1. The number of piperidine rings is 1. The average Bonchev–Trinajstić information content (AvgIpc) is 2.55. The van der Waals surface area contributed by atoms with Gasteiger partial charge < -0.3 is 10.2 Å². The van der Waals surface area contributed by atoms with Crippen LogP contribution in [0.15, 0.2) is 6.33 Å². The summed E-state index contributed by atoms with van der Waals surface area (Å²) in [4.78, 5) is 11.8. The molecule has 1 atom stereocenters. The first-order chi connectivity index (χ1) is 10.4. The molecule has 0 amide bonds. The topological polar surface area (TPSA) is 41.0 Å². The predicted molar refractivity (Wildman–Crippen MR) is 86.8 cm³/mol. The lowest BCUT2D eigenvalue weighted by Crippen LogP contribution is -2.46. The summed E-state index contributed by atoms with van der Waals surface area (Å²) in [6.07, 6.45) is 11.8. The lowest BCUT2D eigenvalue weighted by molar-refractivity contribution is 0.431. The minimum Gasteiger partial charge on any atom is -0.352 e. The van der Waals surface area contributed by atoms with Gasteiger partial charge >= 0.3 is 0 Å². The Morgan fingerprint density at radius 1 is 1.19 bits per heavy atom. The van der Waals surface area contributed by atoms with Crippen molar-refractivity contribution in [2.45, 2.75) is 64.3 Å². The van der Waals surface area contributed by atoms with E-state index in [1.807, 2.05) is 0 Å². The van der Waals surface area contributed by atoms with Crippen LogP contribution < -0.4 is 10.2 Å². The first-order valence-electron chi connectivity index (χ1n) is 8.70. The molecule has 0 aromatic carbocycles. The summed E-state index contributed by atoms with van der Waals surface area (Å²) in [6.45, 7) is 5.59. The van der Waals surface area contributed by atoms with E-state index in [2.05, 4.69) is 27.1 Å². The highest BCUT2D eigenvalue weighted by Crippen LogP contribution is 2.30. The summed E-state index contributed by atoms with van der Waals surface area (Å²) in [5.74, 6) is 1.24. The second-order valence-corrected chi connectivity index (χ2v) is 6.38. The summed E-state index contributed by atoms with van der Waals surface area (Å²) in [7, 11) is 0. The molecule has 4 heteroatoms. The normalized spacial score (nSPS) is 22.1. The van der Waals surface area contributed by atoms with Gasteiger partial charge in [-0.3, -0.25) is 0 Å². The quantitative estimate of drug-likeness (QED) is 0.846. The summed E-state index contributed by atoms with van der Waals surface area (Å²) in [5.41, 5.74) is 2.74. The van der Waals surface area contributed by atoms with Gasteiger partial charge in [0.15, 0.2) is 0 Å². The Morgan fingerprint density at radius 2 is 2.10 bits per heavy atom. The van der Waals surface area contributed by atoms with E-state index in [0.717, 1.165) is 32.5 Å². The maximum absolute atomic E-state index is 4.68. The summed E-state index contributed by atoms with van der Waals surface area (Å²) < 4.78 is 0. The summed E-state index contributed by atoms with van der Waals surface area (Å²) in [6, 6.07) is 0.603. The molecule has 0 spiro atoms. The van der Waals surface area contributed by atoms with Gasteiger partial charge in [0.25, 0.3) is 0 Å². The highest BCUT2D eigenvalue weighted by atomic mass is 15.2. The number of rotatable bonds is 5. The third kappa shape index (κ3) is 3.37. The molecule has 116 valence electrons. The third-order valence-corrected chi connectivity index (χ3v) is 4.81. The van der Waals surface area contributed by atoms with E-state index >= 15 is 0 Å². The Labute approximate surface area is 128 Å². The molecule has 1 saturated heterocycles. The Bertz CT molecular complexity index is 460. The minimum atomic E-state index is 0.603. The van der Waals surface area contributed by atoms with E-state index in [9.17, 15) is 0 Å². The van der Waals surface area contributed by atoms with Crippen LogP contribution in [0.2, 0.25) is 0 Å². The molecule has 2 heterocycles. The Balaban J connectivity index is 1.79. The molecule has 1 aromatic heterocycles. The first kappa shape index (κ1) is 14.8. The number of hydrogen-bond acceptors (Lipinski definition) is 4. The van der Waals surface area contributed by atoms with Crippen LogP contribution in [0.25, 0.3) is 0 Å². The number of hydrogen-bond donors (Lipinski definition) is 1. The molecule has 1 N–H and O–H groups in total. The van der Waals surface area contributed by atoms with E-state index in [-0.39, 0.29) is 0 Å². The number of anilines is 1. The van der Waals surface area contributed by atoms with E-state index < -0.39 is 0 Å². The van der Waals surface area contributed by atoms with E-state index in [0.29, 0.717) is 6.04 Å². The van der Waals surface area contributed by atoms with Crippen molar-refractivity contribution in [3.8, 4) is 0 Å². The van der Waals surface area contributed by atoms with Gasteiger partial charge in [0.2, 0.25) is 0 Å². The average molecular weight is 288 g/mol. The fourth-order valence-corrected chi connectivity index (χ4v) is 3.69. The van der Waals surface area contributed by atoms with Gasteiger partial charge in [-0.25, -0.2) is 9.97 Å². The number of nitrogens with zero attached hydrogens (tertiary/aromatic N) is 3. The van der Waals surface area contributed by atoms with Crippen molar-refractivity contribution in [1.29, 1.82) is 0 Å². The van der Waals surface area contributed by atoms with Crippen molar-refractivity contribution in [3.63, 3.8) is 0 Å². The molecule has 1 unspecified atom stereocenters. The predicted octanol–water partition coefficient (Wildman–Crippen LogP) is 2.71. The van der Waals surface area contributed by atoms with Gasteiger partial charge in [-0.05, 0) is 57.9 Å². The lowest BCUT2D eigenvalue weighted by atomic mass is 9.94. The van der Waals surface area contributed by atoms with Gasteiger partial charge in [0, 0.05) is 30.4 Å². The van der Waals surface area contributed by atoms with E-state index in [4.69, 9.17) is 0 Å². The number of nitrogens with one attached hydrogen (secondary N) is 1. The molecule has 0 bridgehead atoms. The van der Waals surface area contributed by atoms with Gasteiger partial charge in [0.1, 0.15) is 12.1 Å². The highest BCUT2D eigenvalue weighted by molar-refractivity contribution is 5.50. The number of fused-ring (bicyclic) bond motifs is 1. The zero-order valence-corrected chi connectivity index (χ0v) is 13.3. The number of aromatic nitrogens is 2. The molecule has 1 aliphatic carbocycles. The lowest BCUT2D eigenvalue weighted by Gasteiger charge is -2.38. The molecule has 0 radical (unpaired) electrons. The zero-order chi connectivity index (χ0) is 14.5. The standard InChI is InChI=1S/C17H28N4/c1-2-10-18-12-14-7-5-6-11-21(14)17-15-8-3-4-9-16(15)19-13-20-17/h13-14,18H,2-12H2,1H3. The maximum Gasteiger partial charge on any atom is 0.135 e. The van der Waals surface area contributed by atoms with E-state index in [1.165, 1.54) is 55.6 Å². The van der Waals surface area contributed by atoms with Crippen molar-refractivity contribution >= 4 is 5.82 Å². The molecule has 4 nitrogen and oxygen atoms in total. The van der Waals surface area contributed by atoms with E-state index in [1.54, 1.807) is 6.33 Å². The van der Waals surface area contributed by atoms with Crippen molar-refractivity contribution in [1.82, 2.24) is 15.3 Å². The summed E-state index contributed by atoms with van der Waals surface area (Å²) in [5, 5.41) is 3.60. The van der Waals surface area contributed by atoms with Crippen molar-refractivity contribution in [2.24, 2.45) is 0 Å². The van der Waals surface area contributed by atoms with Crippen LogP contribution in [0.1, 0.15) is 56.7 Å². The third-order valence-electron chi connectivity index (χ3n) is 4.81. The highest BCUT2D eigenvalue weighted by Gasteiger charge is 2.27. The Morgan fingerprint density at radius 3 is 3.00 bits per heavy atom. The van der Waals surface area contributed by atoms with Crippen LogP contribution in [0.3, 0.4) is 0 Å². The molecule has 1 fully saturated rings. The van der Waals surface area contributed by atoms with Crippen molar-refractivity contribution < 1.29 is 0 Å². The maximum atomic E-state index is 4.68.